The van der Waals surface area contributed by atoms with E-state index in [0.29, 0.717) is 19.6 Å². The maximum absolute atomic E-state index is 11.6. The van der Waals surface area contributed by atoms with Gasteiger partial charge in [0.25, 0.3) is 0 Å². The molecule has 1 saturated carbocycles. The number of rotatable bonds is 1. The molecular weight excluding hydrogens is 244 g/mol. The molecule has 0 radical (unpaired) electrons. The van der Waals surface area contributed by atoms with Crippen LogP contribution in [0, 0.1) is 5.92 Å². The SMILES string of the molecule is O=C(O)[C@H]1C[C@H]2CC3(OCCO3)[C@H]1c1ccccc12. The zero-order valence-electron chi connectivity index (χ0n) is 10.5. The number of carbonyl (C=O) groups is 1. The Bertz CT molecular complexity index is 533. The molecule has 2 bridgehead atoms. The van der Waals surface area contributed by atoms with E-state index in [1.807, 2.05) is 18.2 Å². The highest BCUT2D eigenvalue weighted by atomic mass is 16.7. The Labute approximate surface area is 111 Å². The van der Waals surface area contributed by atoms with Crippen LogP contribution in [-0.2, 0) is 14.3 Å². The Kier molecular flexibility index (Phi) is 2.29. The average Bonchev–Trinajstić information content (AvgIpc) is 2.87. The first-order valence-corrected chi connectivity index (χ1v) is 6.81. The molecule has 5 rings (SSSR count). The third-order valence-electron chi connectivity index (χ3n) is 4.81. The highest BCUT2D eigenvalue weighted by molar-refractivity contribution is 5.73. The van der Waals surface area contributed by atoms with Gasteiger partial charge in [-0.25, -0.2) is 0 Å². The third kappa shape index (κ3) is 1.44. The van der Waals surface area contributed by atoms with Gasteiger partial charge in [0, 0.05) is 6.42 Å². The molecule has 100 valence electrons. The van der Waals surface area contributed by atoms with Gasteiger partial charge in [0.2, 0.25) is 0 Å². The molecule has 1 aromatic carbocycles. The lowest BCUT2D eigenvalue weighted by Crippen LogP contribution is -2.52. The number of carboxylic acids is 1. The molecule has 4 aliphatic rings. The summed E-state index contributed by atoms with van der Waals surface area (Å²) in [5, 5.41) is 9.52. The van der Waals surface area contributed by atoms with Crippen molar-refractivity contribution in [2.75, 3.05) is 13.2 Å². The fourth-order valence-electron chi connectivity index (χ4n) is 4.17. The summed E-state index contributed by atoms with van der Waals surface area (Å²) in [4.78, 5) is 11.6. The zero-order valence-corrected chi connectivity index (χ0v) is 10.5. The summed E-state index contributed by atoms with van der Waals surface area (Å²) in [7, 11) is 0. The smallest absolute Gasteiger partial charge is 0.307 e. The van der Waals surface area contributed by atoms with Crippen LogP contribution >= 0.6 is 0 Å². The molecule has 4 nitrogen and oxygen atoms in total. The van der Waals surface area contributed by atoms with E-state index in [1.54, 1.807) is 0 Å². The summed E-state index contributed by atoms with van der Waals surface area (Å²) in [6, 6.07) is 8.15. The Hall–Kier alpha value is -1.39. The fourth-order valence-corrected chi connectivity index (χ4v) is 4.17. The normalized spacial score (nSPS) is 34.4. The van der Waals surface area contributed by atoms with E-state index in [2.05, 4.69) is 6.07 Å². The highest BCUT2D eigenvalue weighted by Gasteiger charge is 2.59. The monoisotopic (exact) mass is 260 g/mol. The predicted molar refractivity (Wildman–Crippen MR) is 66.9 cm³/mol. The Morgan fingerprint density at radius 3 is 2.58 bits per heavy atom. The zero-order chi connectivity index (χ0) is 13.0. The van der Waals surface area contributed by atoms with Gasteiger partial charge in [-0.1, -0.05) is 24.3 Å². The molecule has 1 aromatic rings. The molecule has 0 unspecified atom stereocenters. The van der Waals surface area contributed by atoms with Crippen molar-refractivity contribution in [3.8, 4) is 0 Å². The molecule has 1 N–H and O–H groups in total. The van der Waals surface area contributed by atoms with Crippen molar-refractivity contribution in [3.63, 3.8) is 0 Å². The molecule has 1 saturated heterocycles. The third-order valence-corrected chi connectivity index (χ3v) is 4.81. The minimum Gasteiger partial charge on any atom is -0.481 e. The molecule has 3 aliphatic carbocycles. The number of aliphatic carboxylic acids is 1. The molecule has 1 aliphatic heterocycles. The summed E-state index contributed by atoms with van der Waals surface area (Å²) < 4.78 is 11.7. The highest BCUT2D eigenvalue weighted by Crippen LogP contribution is 2.59. The minimum atomic E-state index is -0.734. The molecule has 3 atom stereocenters. The van der Waals surface area contributed by atoms with Crippen molar-refractivity contribution in [1.82, 2.24) is 0 Å². The van der Waals surface area contributed by atoms with E-state index >= 15 is 0 Å². The average molecular weight is 260 g/mol. The largest absolute Gasteiger partial charge is 0.481 e. The van der Waals surface area contributed by atoms with Crippen LogP contribution in [0.15, 0.2) is 24.3 Å². The summed E-state index contributed by atoms with van der Waals surface area (Å²) in [6.45, 7) is 1.13. The van der Waals surface area contributed by atoms with Gasteiger partial charge in [-0.05, 0) is 23.5 Å². The first kappa shape index (κ1) is 11.4. The van der Waals surface area contributed by atoms with Gasteiger partial charge >= 0.3 is 5.97 Å². The minimum absolute atomic E-state index is 0.173. The van der Waals surface area contributed by atoms with Crippen LogP contribution in [0.1, 0.15) is 35.8 Å². The summed E-state index contributed by atoms with van der Waals surface area (Å²) in [6.07, 6.45) is 1.49. The Morgan fingerprint density at radius 2 is 1.89 bits per heavy atom. The van der Waals surface area contributed by atoms with E-state index in [1.165, 1.54) is 5.56 Å². The van der Waals surface area contributed by atoms with Crippen LogP contribution < -0.4 is 0 Å². The fraction of sp³-hybridized carbons (Fsp3) is 0.533. The van der Waals surface area contributed by atoms with Gasteiger partial charge in [0.05, 0.1) is 25.0 Å². The second-order valence-electron chi connectivity index (χ2n) is 5.70. The van der Waals surface area contributed by atoms with Gasteiger partial charge in [-0.3, -0.25) is 4.79 Å². The summed E-state index contributed by atoms with van der Waals surface area (Å²) >= 11 is 0. The number of hydrogen-bond donors (Lipinski definition) is 1. The first-order valence-electron chi connectivity index (χ1n) is 6.81. The number of carboxylic acid groups (broad SMARTS) is 1. The Morgan fingerprint density at radius 1 is 1.21 bits per heavy atom. The first-order chi connectivity index (χ1) is 9.21. The van der Waals surface area contributed by atoms with E-state index in [-0.39, 0.29) is 11.8 Å². The van der Waals surface area contributed by atoms with E-state index in [9.17, 15) is 9.90 Å². The van der Waals surface area contributed by atoms with Crippen LogP contribution in [0.5, 0.6) is 0 Å². The molecular formula is C15H16O4. The second kappa shape index (κ2) is 3.81. The Balaban J connectivity index is 1.88. The summed E-state index contributed by atoms with van der Waals surface area (Å²) in [5.74, 6) is -1.76. The van der Waals surface area contributed by atoms with Gasteiger partial charge in [0.1, 0.15) is 0 Å². The molecule has 1 heterocycles. The van der Waals surface area contributed by atoms with Crippen LogP contribution in [-0.4, -0.2) is 30.1 Å². The standard InChI is InChI=1S/C15H16O4/c16-14(17)12-7-9-8-15(18-5-6-19-15)13(12)11-4-2-1-3-10(9)11/h1-4,9,12-13H,5-8H2,(H,16,17)/t9-,12-,13-/m0/s1. The lowest BCUT2D eigenvalue weighted by molar-refractivity contribution is -0.216. The predicted octanol–water partition coefficient (Wildman–Crippen LogP) is 2.11. The van der Waals surface area contributed by atoms with Crippen molar-refractivity contribution in [3.05, 3.63) is 35.4 Å². The van der Waals surface area contributed by atoms with Gasteiger partial charge < -0.3 is 14.6 Å². The number of hydrogen-bond acceptors (Lipinski definition) is 3. The quantitative estimate of drug-likeness (QED) is 0.840. The topological polar surface area (TPSA) is 55.8 Å². The lowest BCUT2D eigenvalue weighted by Gasteiger charge is -2.51. The van der Waals surface area contributed by atoms with Gasteiger partial charge in [-0.2, -0.15) is 0 Å². The van der Waals surface area contributed by atoms with Gasteiger partial charge in [-0.15, -0.1) is 0 Å². The van der Waals surface area contributed by atoms with Crippen molar-refractivity contribution in [1.29, 1.82) is 0 Å². The lowest BCUT2D eigenvalue weighted by atomic mass is 9.58. The van der Waals surface area contributed by atoms with Crippen LogP contribution in [0.4, 0.5) is 0 Å². The van der Waals surface area contributed by atoms with Gasteiger partial charge in [0.15, 0.2) is 5.79 Å². The molecule has 19 heavy (non-hydrogen) atoms. The number of fused-ring (bicyclic) bond motifs is 1. The second-order valence-corrected chi connectivity index (χ2v) is 5.70. The van der Waals surface area contributed by atoms with Crippen LogP contribution in [0.25, 0.3) is 0 Å². The number of benzene rings is 1. The molecule has 2 fully saturated rings. The van der Waals surface area contributed by atoms with E-state index in [4.69, 9.17) is 9.47 Å². The van der Waals surface area contributed by atoms with E-state index in [0.717, 1.165) is 12.0 Å². The van der Waals surface area contributed by atoms with Crippen molar-refractivity contribution >= 4 is 5.97 Å². The van der Waals surface area contributed by atoms with Crippen LogP contribution in [0.2, 0.25) is 0 Å². The van der Waals surface area contributed by atoms with Crippen molar-refractivity contribution in [2.45, 2.75) is 30.5 Å². The molecule has 4 heteroatoms. The molecule has 0 amide bonds. The van der Waals surface area contributed by atoms with Crippen molar-refractivity contribution in [2.24, 2.45) is 5.92 Å². The molecule has 0 aromatic heterocycles. The maximum Gasteiger partial charge on any atom is 0.307 e. The summed E-state index contributed by atoms with van der Waals surface area (Å²) in [5.41, 5.74) is 2.40. The molecule has 1 spiro atoms. The van der Waals surface area contributed by atoms with E-state index < -0.39 is 17.7 Å². The van der Waals surface area contributed by atoms with Crippen LogP contribution in [0.3, 0.4) is 0 Å². The maximum atomic E-state index is 11.6. The van der Waals surface area contributed by atoms with Crippen molar-refractivity contribution < 1.29 is 19.4 Å². The number of ether oxygens (including phenoxy) is 2.